The predicted molar refractivity (Wildman–Crippen MR) is 91.7 cm³/mol. The van der Waals surface area contributed by atoms with Crippen LogP contribution in [-0.2, 0) is 14.6 Å². The zero-order valence-corrected chi connectivity index (χ0v) is 14.7. The van der Waals surface area contributed by atoms with Gasteiger partial charge in [0.2, 0.25) is 5.91 Å². The molecule has 24 heavy (non-hydrogen) atoms. The molecule has 0 bridgehead atoms. The minimum Gasteiger partial charge on any atom is -0.347 e. The topological polar surface area (TPSA) is 83.5 Å². The van der Waals surface area contributed by atoms with Gasteiger partial charge in [0.1, 0.15) is 18.2 Å². The molecule has 2 aromatic rings. The molecule has 1 unspecified atom stereocenters. The molecule has 1 aliphatic heterocycles. The maximum absolute atomic E-state index is 12.4. The van der Waals surface area contributed by atoms with Crippen LogP contribution in [0, 0.1) is 0 Å². The molecular formula is C16H20N4O3S. The molecule has 8 heteroatoms. The lowest BCUT2D eigenvalue weighted by atomic mass is 10.1. The van der Waals surface area contributed by atoms with Crippen LogP contribution in [0.3, 0.4) is 0 Å². The lowest BCUT2D eigenvalue weighted by Crippen LogP contribution is -2.43. The molecule has 1 aromatic carbocycles. The monoisotopic (exact) mass is 348 g/mol. The highest BCUT2D eigenvalue weighted by molar-refractivity contribution is 7.90. The Balaban J connectivity index is 2.13. The van der Waals surface area contributed by atoms with Crippen molar-refractivity contribution in [3.8, 4) is 0 Å². The summed E-state index contributed by atoms with van der Waals surface area (Å²) >= 11 is 0. The number of hydrogen-bond donors (Lipinski definition) is 0. The van der Waals surface area contributed by atoms with Crippen molar-refractivity contribution >= 4 is 32.5 Å². The summed E-state index contributed by atoms with van der Waals surface area (Å²) in [5.74, 6) is 0.640. The highest BCUT2D eigenvalue weighted by Gasteiger charge is 2.33. The third-order valence-electron chi connectivity index (χ3n) is 4.26. The summed E-state index contributed by atoms with van der Waals surface area (Å²) in [5.41, 5.74) is 0.662. The van der Waals surface area contributed by atoms with Crippen LogP contribution in [0.2, 0.25) is 0 Å². The van der Waals surface area contributed by atoms with Gasteiger partial charge in [-0.05, 0) is 31.0 Å². The van der Waals surface area contributed by atoms with E-state index >= 15 is 0 Å². The van der Waals surface area contributed by atoms with E-state index in [4.69, 9.17) is 0 Å². The first kappa shape index (κ1) is 16.6. The lowest BCUT2D eigenvalue weighted by Gasteiger charge is -2.27. The fourth-order valence-electron chi connectivity index (χ4n) is 3.06. The average Bonchev–Trinajstić information content (AvgIpc) is 3.01. The minimum atomic E-state index is -3.33. The molecule has 2 heterocycles. The average molecular weight is 348 g/mol. The van der Waals surface area contributed by atoms with Crippen LogP contribution in [0.1, 0.15) is 12.8 Å². The third-order valence-corrected chi connectivity index (χ3v) is 5.37. The SMILES string of the molecule is CN(C)C(=O)C1CCCN1c1ncnc2ccc(S(C)(=O)=O)cc12. The van der Waals surface area contributed by atoms with Gasteiger partial charge in [-0.25, -0.2) is 18.4 Å². The van der Waals surface area contributed by atoms with E-state index in [2.05, 4.69) is 9.97 Å². The van der Waals surface area contributed by atoms with Crippen LogP contribution in [0.5, 0.6) is 0 Å². The molecule has 0 aliphatic carbocycles. The van der Waals surface area contributed by atoms with Crippen LogP contribution in [0.25, 0.3) is 10.9 Å². The van der Waals surface area contributed by atoms with Crippen molar-refractivity contribution in [1.82, 2.24) is 14.9 Å². The Morgan fingerprint density at radius 2 is 2.04 bits per heavy atom. The van der Waals surface area contributed by atoms with Gasteiger partial charge in [-0.3, -0.25) is 4.79 Å². The first-order valence-corrected chi connectivity index (χ1v) is 9.61. The van der Waals surface area contributed by atoms with E-state index < -0.39 is 9.84 Å². The van der Waals surface area contributed by atoms with Crippen molar-refractivity contribution in [1.29, 1.82) is 0 Å². The minimum absolute atomic E-state index is 0.0264. The fraction of sp³-hybridized carbons (Fsp3) is 0.438. The van der Waals surface area contributed by atoms with Crippen molar-refractivity contribution in [3.63, 3.8) is 0 Å². The van der Waals surface area contributed by atoms with Crippen molar-refractivity contribution in [2.45, 2.75) is 23.8 Å². The molecule has 1 amide bonds. The number of benzene rings is 1. The van der Waals surface area contributed by atoms with Crippen LogP contribution >= 0.6 is 0 Å². The van der Waals surface area contributed by atoms with Crippen LogP contribution in [0.4, 0.5) is 5.82 Å². The molecule has 0 saturated carbocycles. The summed E-state index contributed by atoms with van der Waals surface area (Å²) < 4.78 is 23.7. The van der Waals surface area contributed by atoms with E-state index in [1.54, 1.807) is 37.2 Å². The number of likely N-dealkylation sites (N-methyl/N-ethyl adjacent to an activating group) is 1. The van der Waals surface area contributed by atoms with Crippen LogP contribution in [0.15, 0.2) is 29.4 Å². The Hall–Kier alpha value is -2.22. The van der Waals surface area contributed by atoms with E-state index in [1.165, 1.54) is 12.6 Å². The standard InChI is InChI=1S/C16H20N4O3S/c1-19(2)16(21)14-5-4-8-20(14)15-12-9-11(24(3,22)23)6-7-13(12)17-10-18-15/h6-7,9-10,14H,4-5,8H2,1-3H3. The normalized spacial score (nSPS) is 18.1. The van der Waals surface area contributed by atoms with Crippen molar-refractivity contribution in [2.24, 2.45) is 0 Å². The number of sulfone groups is 1. The van der Waals surface area contributed by atoms with Gasteiger partial charge >= 0.3 is 0 Å². The maximum Gasteiger partial charge on any atom is 0.244 e. The molecule has 1 fully saturated rings. The summed E-state index contributed by atoms with van der Waals surface area (Å²) in [6, 6.07) is 4.53. The number of aromatic nitrogens is 2. The number of anilines is 1. The van der Waals surface area contributed by atoms with Gasteiger partial charge in [0.25, 0.3) is 0 Å². The molecule has 0 radical (unpaired) electrons. The second-order valence-electron chi connectivity index (χ2n) is 6.23. The quantitative estimate of drug-likeness (QED) is 0.826. The van der Waals surface area contributed by atoms with Crippen LogP contribution in [-0.4, -0.2) is 62.1 Å². The van der Waals surface area contributed by atoms with Gasteiger partial charge in [0, 0.05) is 32.3 Å². The molecule has 0 spiro atoms. The molecular weight excluding hydrogens is 328 g/mol. The fourth-order valence-corrected chi connectivity index (χ4v) is 3.70. The molecule has 1 aliphatic rings. The Morgan fingerprint density at radius 1 is 1.29 bits per heavy atom. The zero-order chi connectivity index (χ0) is 17.5. The number of hydrogen-bond acceptors (Lipinski definition) is 6. The summed E-state index contributed by atoms with van der Waals surface area (Å²) in [5, 5.41) is 0.652. The molecule has 3 rings (SSSR count). The van der Waals surface area contributed by atoms with Gasteiger partial charge in [-0.15, -0.1) is 0 Å². The summed E-state index contributed by atoms with van der Waals surface area (Å²) in [7, 11) is 0.143. The molecule has 1 aromatic heterocycles. The van der Waals surface area contributed by atoms with Crippen molar-refractivity contribution < 1.29 is 13.2 Å². The Bertz CT molecular complexity index is 895. The van der Waals surface area contributed by atoms with Gasteiger partial charge in [0.15, 0.2) is 9.84 Å². The van der Waals surface area contributed by atoms with E-state index in [1.807, 2.05) is 4.90 Å². The first-order valence-electron chi connectivity index (χ1n) is 7.71. The second-order valence-corrected chi connectivity index (χ2v) is 8.25. The number of fused-ring (bicyclic) bond motifs is 1. The van der Waals surface area contributed by atoms with Gasteiger partial charge in [-0.1, -0.05) is 0 Å². The van der Waals surface area contributed by atoms with Gasteiger partial charge < -0.3 is 9.80 Å². The van der Waals surface area contributed by atoms with E-state index in [0.29, 0.717) is 23.3 Å². The lowest BCUT2D eigenvalue weighted by molar-refractivity contribution is -0.129. The highest BCUT2D eigenvalue weighted by atomic mass is 32.2. The predicted octanol–water partition coefficient (Wildman–Crippen LogP) is 1.09. The van der Waals surface area contributed by atoms with Gasteiger partial charge in [0.05, 0.1) is 10.4 Å². The summed E-state index contributed by atoms with van der Waals surface area (Å²) in [6.45, 7) is 0.708. The van der Waals surface area contributed by atoms with E-state index in [9.17, 15) is 13.2 Å². The van der Waals surface area contributed by atoms with Crippen LogP contribution < -0.4 is 4.90 Å². The number of nitrogens with zero attached hydrogens (tertiary/aromatic N) is 4. The number of carbonyl (C=O) groups excluding carboxylic acids is 1. The molecule has 1 saturated heterocycles. The Morgan fingerprint density at radius 3 is 2.71 bits per heavy atom. The van der Waals surface area contributed by atoms with E-state index in [-0.39, 0.29) is 16.8 Å². The number of amides is 1. The highest BCUT2D eigenvalue weighted by Crippen LogP contribution is 2.31. The molecule has 1 atom stereocenters. The first-order chi connectivity index (χ1) is 11.3. The maximum atomic E-state index is 12.4. The van der Waals surface area contributed by atoms with Gasteiger partial charge in [-0.2, -0.15) is 0 Å². The van der Waals surface area contributed by atoms with Crippen molar-refractivity contribution in [2.75, 3.05) is 31.8 Å². The Labute approximate surface area is 141 Å². The van der Waals surface area contributed by atoms with E-state index in [0.717, 1.165) is 12.8 Å². The number of rotatable bonds is 3. The third kappa shape index (κ3) is 2.93. The summed E-state index contributed by atoms with van der Waals surface area (Å²) in [4.78, 5) is 24.8. The second kappa shape index (κ2) is 6.01. The molecule has 128 valence electrons. The molecule has 0 N–H and O–H groups in total. The van der Waals surface area contributed by atoms with Crippen molar-refractivity contribution in [3.05, 3.63) is 24.5 Å². The largest absolute Gasteiger partial charge is 0.347 e. The number of carbonyl (C=O) groups is 1. The zero-order valence-electron chi connectivity index (χ0n) is 13.9. The summed E-state index contributed by atoms with van der Waals surface area (Å²) in [6.07, 6.45) is 4.27. The smallest absolute Gasteiger partial charge is 0.244 e. The molecule has 7 nitrogen and oxygen atoms in total. The Kier molecular flexibility index (Phi) is 4.16.